The first-order valence-electron chi connectivity index (χ1n) is 1.63. The maximum atomic E-state index is 10.1. The summed E-state index contributed by atoms with van der Waals surface area (Å²) >= 11 is 15.5. The van der Waals surface area contributed by atoms with Crippen LogP contribution in [0.4, 0.5) is 0 Å². The van der Waals surface area contributed by atoms with Crippen molar-refractivity contribution in [2.75, 3.05) is 0 Å². The first-order chi connectivity index (χ1) is 3.42. The molecule has 0 aliphatic rings. The monoisotopic (exact) mass is 193 g/mol. The maximum Gasteiger partial charge on any atom is 0.244 e. The van der Waals surface area contributed by atoms with Gasteiger partial charge in [0.1, 0.15) is 0 Å². The van der Waals surface area contributed by atoms with Gasteiger partial charge >= 0.3 is 0 Å². The van der Waals surface area contributed by atoms with Crippen LogP contribution in [0.5, 0.6) is 0 Å². The zero-order valence-corrected chi connectivity index (χ0v) is 7.10. The minimum absolute atomic E-state index is 0.446. The normalized spacial score (nSPS) is 11.0. The molecule has 0 aliphatic heterocycles. The van der Waals surface area contributed by atoms with E-state index in [-0.39, 0.29) is 0 Å². The van der Waals surface area contributed by atoms with E-state index >= 15 is 0 Å². The fraction of sp³-hybridized carbons (Fsp3) is 0.500. The van der Waals surface area contributed by atoms with Crippen molar-refractivity contribution in [2.24, 2.45) is 4.74 Å². The van der Waals surface area contributed by atoms with Crippen molar-refractivity contribution in [3.05, 3.63) is 0 Å². The highest BCUT2D eigenvalue weighted by molar-refractivity contribution is 8.26. The smallest absolute Gasteiger partial charge is 0.244 e. The first-order valence-corrected chi connectivity index (χ1v) is 6.09. The number of carbonyl (C=O) groups excluding carboxylic acids is 1. The van der Waals surface area contributed by atoms with Gasteiger partial charge in [-0.15, -0.1) is 0 Å². The van der Waals surface area contributed by atoms with Gasteiger partial charge in [0.15, 0.2) is 0 Å². The van der Waals surface area contributed by atoms with E-state index in [0.29, 0.717) is 0 Å². The summed E-state index contributed by atoms with van der Waals surface area (Å²) in [7, 11) is 0. The number of amides is 1. The number of carbonyl (C=O) groups is 1. The van der Waals surface area contributed by atoms with E-state index in [4.69, 9.17) is 33.7 Å². The van der Waals surface area contributed by atoms with Gasteiger partial charge in [-0.2, -0.15) is 4.74 Å². The van der Waals surface area contributed by atoms with E-state index in [1.807, 2.05) is 0 Å². The zero-order chi connectivity index (χ0) is 6.78. The van der Waals surface area contributed by atoms with Crippen LogP contribution in [-0.4, -0.2) is 5.91 Å². The quantitative estimate of drug-likeness (QED) is 0.545. The minimum atomic E-state index is -2.78. The lowest BCUT2D eigenvalue weighted by molar-refractivity contribution is -0.115. The Morgan fingerprint density at radius 3 is 1.88 bits per heavy atom. The predicted octanol–water partition coefficient (Wildman–Crippen LogP) is 3.20. The van der Waals surface area contributed by atoms with Gasteiger partial charge in [-0.05, 0) is 33.7 Å². The van der Waals surface area contributed by atoms with Gasteiger partial charge in [0, 0.05) is 6.92 Å². The topological polar surface area (TPSA) is 29.4 Å². The summed E-state index contributed by atoms with van der Waals surface area (Å²) in [6, 6.07) is 0. The minimum Gasteiger partial charge on any atom is -0.273 e. The number of halogens is 3. The Kier molecular flexibility index (Phi) is 3.37. The molecule has 0 saturated heterocycles. The average molecular weight is 194 g/mol. The third-order valence-corrected chi connectivity index (χ3v) is 1.44. The lowest BCUT2D eigenvalue weighted by Gasteiger charge is -1.90. The molecule has 6 heteroatoms. The highest BCUT2D eigenvalue weighted by Gasteiger charge is 2.05. The molecule has 2 nitrogen and oxygen atoms in total. The molecule has 0 bridgehead atoms. The summed E-state index contributed by atoms with van der Waals surface area (Å²) in [5, 5.41) is -2.78. The molecule has 0 atom stereocenters. The molecule has 0 radical (unpaired) electrons. The second-order valence-electron chi connectivity index (χ2n) is 1.04. The number of hydrogen-bond donors (Lipinski definition) is 0. The molecular weight excluding hydrogens is 191 g/mol. The van der Waals surface area contributed by atoms with Gasteiger partial charge in [-0.25, -0.2) is 0 Å². The van der Waals surface area contributed by atoms with Crippen LogP contribution in [0, 0.1) is 0 Å². The third kappa shape index (κ3) is 6.77. The molecule has 0 unspecified atom stereocenters. The van der Waals surface area contributed by atoms with Crippen molar-refractivity contribution in [3.63, 3.8) is 0 Å². The lowest BCUT2D eigenvalue weighted by Crippen LogP contribution is -1.75. The lowest BCUT2D eigenvalue weighted by atomic mass is 10.8. The Labute approximate surface area is 61.5 Å². The van der Waals surface area contributed by atoms with Crippen LogP contribution in [0.25, 0.3) is 0 Å². The number of rotatable bonds is 0. The van der Waals surface area contributed by atoms with E-state index in [0.717, 1.165) is 0 Å². The van der Waals surface area contributed by atoms with Gasteiger partial charge in [0.25, 0.3) is 0 Å². The molecule has 0 aromatic carbocycles. The molecule has 0 N–H and O–H groups in total. The Balaban J connectivity index is 4.17. The van der Waals surface area contributed by atoms with Crippen LogP contribution in [0.1, 0.15) is 6.92 Å². The third-order valence-electron chi connectivity index (χ3n) is 0.254. The van der Waals surface area contributed by atoms with Gasteiger partial charge in [-0.1, -0.05) is 0 Å². The highest BCUT2D eigenvalue weighted by atomic mass is 36.0. The van der Waals surface area contributed by atoms with E-state index in [2.05, 4.69) is 4.74 Å². The highest BCUT2D eigenvalue weighted by Crippen LogP contribution is 2.65. The first kappa shape index (κ1) is 8.77. The molecule has 0 rings (SSSR count). The molecule has 0 aliphatic carbocycles. The Bertz CT molecular complexity index is 141. The van der Waals surface area contributed by atoms with Crippen LogP contribution in [0.2, 0.25) is 0 Å². The summed E-state index contributed by atoms with van der Waals surface area (Å²) in [5.74, 6) is -0.446. The standard InChI is InChI=1S/C2H3Cl3NOP/c1-2(7)6-8(3,4)5/h1H3. The second kappa shape index (κ2) is 3.07. The van der Waals surface area contributed by atoms with Crippen LogP contribution >= 0.6 is 38.8 Å². The van der Waals surface area contributed by atoms with E-state index in [9.17, 15) is 4.79 Å². The van der Waals surface area contributed by atoms with Crippen LogP contribution in [0.3, 0.4) is 0 Å². The number of hydrogen-bond acceptors (Lipinski definition) is 1. The molecule has 0 aromatic rings. The molecule has 48 valence electrons. The van der Waals surface area contributed by atoms with Gasteiger partial charge in [0.2, 0.25) is 11.0 Å². The molecule has 0 spiro atoms. The van der Waals surface area contributed by atoms with Crippen molar-refractivity contribution >= 4 is 44.7 Å². The van der Waals surface area contributed by atoms with Crippen molar-refractivity contribution in [1.29, 1.82) is 0 Å². The molecule has 0 aromatic heterocycles. The Morgan fingerprint density at radius 1 is 1.50 bits per heavy atom. The Morgan fingerprint density at radius 2 is 1.88 bits per heavy atom. The van der Waals surface area contributed by atoms with Crippen LogP contribution in [-0.2, 0) is 4.79 Å². The second-order valence-corrected chi connectivity index (χ2v) is 8.03. The van der Waals surface area contributed by atoms with Gasteiger partial charge in [-0.3, -0.25) is 4.79 Å². The van der Waals surface area contributed by atoms with E-state index in [1.165, 1.54) is 6.92 Å². The van der Waals surface area contributed by atoms with Crippen molar-refractivity contribution in [1.82, 2.24) is 0 Å². The Hall–Kier alpha value is 0.770. The predicted molar refractivity (Wildman–Crippen MR) is 37.6 cm³/mol. The SMILES string of the molecule is CC(=O)N=P(Cl)(Cl)Cl. The van der Waals surface area contributed by atoms with Crippen LogP contribution < -0.4 is 0 Å². The van der Waals surface area contributed by atoms with E-state index < -0.39 is 11.0 Å². The molecule has 0 fully saturated rings. The van der Waals surface area contributed by atoms with Crippen molar-refractivity contribution in [2.45, 2.75) is 6.92 Å². The maximum absolute atomic E-state index is 10.1. The molecule has 0 saturated carbocycles. The molecule has 8 heavy (non-hydrogen) atoms. The zero-order valence-electron chi connectivity index (χ0n) is 3.94. The van der Waals surface area contributed by atoms with Crippen molar-refractivity contribution in [3.8, 4) is 0 Å². The average Bonchev–Trinajstić information content (AvgIpc) is 1.21. The summed E-state index contributed by atoms with van der Waals surface area (Å²) in [4.78, 5) is 10.1. The van der Waals surface area contributed by atoms with Gasteiger partial charge in [0.05, 0.1) is 0 Å². The largest absolute Gasteiger partial charge is 0.273 e. The molecular formula is C2H3Cl3NOP. The van der Waals surface area contributed by atoms with Gasteiger partial charge < -0.3 is 0 Å². The summed E-state index contributed by atoms with van der Waals surface area (Å²) in [6.45, 7) is 1.24. The fourth-order valence-electron chi connectivity index (χ4n) is 0.160. The molecule has 1 amide bonds. The van der Waals surface area contributed by atoms with Crippen LogP contribution in [0.15, 0.2) is 4.74 Å². The van der Waals surface area contributed by atoms with Crippen molar-refractivity contribution < 1.29 is 4.79 Å². The molecule has 0 heterocycles. The summed E-state index contributed by atoms with van der Waals surface area (Å²) in [6.07, 6.45) is 0. The number of nitrogens with zero attached hydrogens (tertiary/aromatic N) is 1. The summed E-state index contributed by atoms with van der Waals surface area (Å²) < 4.78 is 3.18. The fourth-order valence-corrected chi connectivity index (χ4v) is 1.44. The van der Waals surface area contributed by atoms with E-state index in [1.54, 1.807) is 0 Å². The summed E-state index contributed by atoms with van der Waals surface area (Å²) in [5.41, 5.74) is 0.